The van der Waals surface area contributed by atoms with Crippen molar-refractivity contribution in [1.29, 1.82) is 0 Å². The molecular formula is C34H62N8O10S2. The molecule has 0 aromatic heterocycles. The number of carbonyl (C=O) groups is 8. The van der Waals surface area contributed by atoms with E-state index >= 15 is 0 Å². The molecule has 0 fully saturated rings. The SMILES string of the molecule is CC[C@H](C)[C@H](N)C(=O)N[C@@H](CO)C(=O)N[C@@H](CCSC)C(=O)N[C@H](C(=O)NCC(=O)N[C@@H](CC(C)C)C(=O)N[C@@H](CS)C(=O)N[C@@H](C)C(=O)O)[C@@H](C)CC. The molecule has 0 spiro atoms. The summed E-state index contributed by atoms with van der Waals surface area (Å²) in [6.45, 7) is 10.7. The van der Waals surface area contributed by atoms with Crippen molar-refractivity contribution in [3.8, 4) is 0 Å². The molecule has 0 rings (SSSR count). The van der Waals surface area contributed by atoms with E-state index in [0.29, 0.717) is 18.6 Å². The third kappa shape index (κ3) is 18.1. The Labute approximate surface area is 327 Å². The lowest BCUT2D eigenvalue weighted by Crippen LogP contribution is -2.60. The van der Waals surface area contributed by atoms with Crippen molar-refractivity contribution in [3.05, 3.63) is 0 Å². The van der Waals surface area contributed by atoms with Crippen molar-refractivity contribution in [2.24, 2.45) is 23.5 Å². The van der Waals surface area contributed by atoms with Crippen LogP contribution in [0.3, 0.4) is 0 Å². The number of carboxylic acid groups (broad SMARTS) is 1. The summed E-state index contributed by atoms with van der Waals surface area (Å²) in [6.07, 6.45) is 3.19. The predicted octanol–water partition coefficient (Wildman–Crippen LogP) is -1.74. The zero-order chi connectivity index (χ0) is 41.7. The summed E-state index contributed by atoms with van der Waals surface area (Å²) in [5, 5.41) is 36.4. The van der Waals surface area contributed by atoms with Gasteiger partial charge in [-0.05, 0) is 49.5 Å². The zero-order valence-corrected chi connectivity index (χ0v) is 34.2. The number of aliphatic hydroxyl groups is 1. The Hall–Kier alpha value is -3.62. The first kappa shape index (κ1) is 50.4. The van der Waals surface area contributed by atoms with Gasteiger partial charge in [0, 0.05) is 5.75 Å². The number of carbonyl (C=O) groups excluding carboxylic acids is 7. The van der Waals surface area contributed by atoms with Gasteiger partial charge in [-0.1, -0.05) is 54.4 Å². The molecule has 54 heavy (non-hydrogen) atoms. The van der Waals surface area contributed by atoms with Crippen LogP contribution in [0.5, 0.6) is 0 Å². The van der Waals surface area contributed by atoms with Gasteiger partial charge >= 0.3 is 5.97 Å². The van der Waals surface area contributed by atoms with Crippen LogP contribution in [0.15, 0.2) is 0 Å². The summed E-state index contributed by atoms with van der Waals surface area (Å²) in [7, 11) is 0. The van der Waals surface area contributed by atoms with Gasteiger partial charge in [-0.15, -0.1) is 0 Å². The largest absolute Gasteiger partial charge is 0.480 e. The Morgan fingerprint density at radius 1 is 0.685 bits per heavy atom. The number of aliphatic carboxylic acids is 1. The third-order valence-corrected chi connectivity index (χ3v) is 9.75. The normalized spacial score (nSPS) is 16.1. The average molecular weight is 807 g/mol. The van der Waals surface area contributed by atoms with E-state index in [9.17, 15) is 43.5 Å². The monoisotopic (exact) mass is 806 g/mol. The first-order chi connectivity index (χ1) is 25.3. The molecule has 18 nitrogen and oxygen atoms in total. The van der Waals surface area contributed by atoms with Crippen molar-refractivity contribution in [1.82, 2.24) is 37.2 Å². The number of nitrogens with two attached hydrogens (primary N) is 1. The number of hydrogen-bond acceptors (Lipinski definition) is 12. The average Bonchev–Trinajstić information content (AvgIpc) is 3.13. The highest BCUT2D eigenvalue weighted by molar-refractivity contribution is 7.98. The molecule has 0 saturated carbocycles. The fraction of sp³-hybridized carbons (Fsp3) is 0.765. The van der Waals surface area contributed by atoms with Crippen molar-refractivity contribution < 1.29 is 48.6 Å². The van der Waals surface area contributed by atoms with Crippen LogP contribution in [0.25, 0.3) is 0 Å². The van der Waals surface area contributed by atoms with Crippen LogP contribution < -0.4 is 43.0 Å². The van der Waals surface area contributed by atoms with Crippen LogP contribution in [0.2, 0.25) is 0 Å². The summed E-state index contributed by atoms with van der Waals surface area (Å²) in [4.78, 5) is 102. The highest BCUT2D eigenvalue weighted by atomic mass is 32.2. The van der Waals surface area contributed by atoms with Crippen molar-refractivity contribution in [3.63, 3.8) is 0 Å². The van der Waals surface area contributed by atoms with E-state index in [1.54, 1.807) is 27.0 Å². The lowest BCUT2D eigenvalue weighted by atomic mass is 9.97. The molecule has 7 amide bonds. The maximum Gasteiger partial charge on any atom is 0.325 e. The molecule has 0 heterocycles. The summed E-state index contributed by atoms with van der Waals surface area (Å²) in [5.41, 5.74) is 5.96. The van der Waals surface area contributed by atoms with E-state index in [0.717, 1.165) is 0 Å². The summed E-state index contributed by atoms with van der Waals surface area (Å²) in [6, 6.07) is -8.11. The molecule has 0 bridgehead atoms. The number of nitrogens with one attached hydrogen (secondary N) is 7. The van der Waals surface area contributed by atoms with Crippen molar-refractivity contribution >= 4 is 71.7 Å². The number of thioether (sulfide) groups is 1. The van der Waals surface area contributed by atoms with Crippen molar-refractivity contribution in [2.45, 2.75) is 116 Å². The summed E-state index contributed by atoms with van der Waals surface area (Å²) in [5.74, 6) is -6.75. The standard InChI is InChI=1S/C34H62N8O10S2/c1-9-18(5)26(35)32(49)40-23(15-43)30(47)39-21(11-12-54-8)28(45)42-27(19(6)10-2)33(50)36-14-25(44)38-22(13-17(3)4)29(46)41-24(16-53)31(48)37-20(7)34(51)52/h17-24,26-27,43,53H,9-16,35H2,1-8H3,(H,36,50)(H,37,48)(H,38,44)(H,39,47)(H,40,49)(H,41,46)(H,42,45)(H,51,52)/t18-,19-,20-,21-,22-,23-,24-,26-,27-/m0/s1. The molecule has 0 aromatic carbocycles. The minimum absolute atomic E-state index is 0.0817. The Morgan fingerprint density at radius 3 is 1.70 bits per heavy atom. The van der Waals surface area contributed by atoms with Gasteiger partial charge in [0.05, 0.1) is 19.2 Å². The quantitative estimate of drug-likeness (QED) is 0.0435. The molecule has 0 aromatic rings. The van der Waals surface area contributed by atoms with Crippen LogP contribution in [0, 0.1) is 17.8 Å². The second-order valence-electron chi connectivity index (χ2n) is 13.6. The van der Waals surface area contributed by atoms with Crippen LogP contribution in [-0.4, -0.2) is 131 Å². The fourth-order valence-corrected chi connectivity index (χ4v) is 5.50. The number of rotatable bonds is 26. The van der Waals surface area contributed by atoms with Gasteiger partial charge in [-0.25, -0.2) is 0 Å². The highest BCUT2D eigenvalue weighted by Gasteiger charge is 2.33. The molecule has 9 atom stereocenters. The minimum atomic E-state index is -1.38. The number of carboxylic acids is 1. The second-order valence-corrected chi connectivity index (χ2v) is 15.0. The van der Waals surface area contributed by atoms with Crippen LogP contribution in [0.4, 0.5) is 0 Å². The number of amides is 7. The van der Waals surface area contributed by atoms with Crippen LogP contribution in [-0.2, 0) is 38.4 Å². The molecule has 0 radical (unpaired) electrons. The molecule has 0 aliphatic carbocycles. The van der Waals surface area contributed by atoms with E-state index in [-0.39, 0.29) is 30.4 Å². The van der Waals surface area contributed by atoms with Gasteiger partial charge < -0.3 is 53.2 Å². The molecule has 310 valence electrons. The molecular weight excluding hydrogens is 745 g/mol. The zero-order valence-electron chi connectivity index (χ0n) is 32.5. The lowest BCUT2D eigenvalue weighted by molar-refractivity contribution is -0.141. The molecule has 0 unspecified atom stereocenters. The topological polar surface area (TPSA) is 287 Å². The second kappa shape index (κ2) is 26.2. The highest BCUT2D eigenvalue weighted by Crippen LogP contribution is 2.11. The van der Waals surface area contributed by atoms with E-state index in [2.05, 4.69) is 49.8 Å². The van der Waals surface area contributed by atoms with Gasteiger partial charge in [0.25, 0.3) is 0 Å². The molecule has 11 N–H and O–H groups in total. The third-order valence-electron chi connectivity index (χ3n) is 8.74. The van der Waals surface area contributed by atoms with Gasteiger partial charge in [0.15, 0.2) is 0 Å². The Morgan fingerprint density at radius 2 is 1.20 bits per heavy atom. The maximum absolute atomic E-state index is 13.5. The van der Waals surface area contributed by atoms with Gasteiger partial charge in [-0.3, -0.25) is 38.4 Å². The van der Waals surface area contributed by atoms with Gasteiger partial charge in [0.2, 0.25) is 41.4 Å². The first-order valence-corrected chi connectivity index (χ1v) is 20.1. The smallest absolute Gasteiger partial charge is 0.325 e. The van der Waals surface area contributed by atoms with Crippen LogP contribution >= 0.6 is 24.4 Å². The molecule has 0 aliphatic heterocycles. The lowest BCUT2D eigenvalue weighted by Gasteiger charge is -2.28. The van der Waals surface area contributed by atoms with Gasteiger partial charge in [-0.2, -0.15) is 24.4 Å². The number of aliphatic hydroxyl groups excluding tert-OH is 1. The molecule has 0 aliphatic rings. The maximum atomic E-state index is 13.5. The summed E-state index contributed by atoms with van der Waals surface area (Å²) < 4.78 is 0. The van der Waals surface area contributed by atoms with Gasteiger partial charge in [0.1, 0.15) is 36.3 Å². The molecule has 20 heteroatoms. The molecule has 0 saturated heterocycles. The first-order valence-electron chi connectivity index (χ1n) is 18.1. The number of thiol groups is 1. The predicted molar refractivity (Wildman–Crippen MR) is 208 cm³/mol. The Balaban J connectivity index is 5.76. The fourth-order valence-electron chi connectivity index (χ4n) is 4.77. The van der Waals surface area contributed by atoms with E-state index in [1.165, 1.54) is 18.7 Å². The van der Waals surface area contributed by atoms with E-state index < -0.39 is 109 Å². The van der Waals surface area contributed by atoms with E-state index in [4.69, 9.17) is 10.8 Å². The van der Waals surface area contributed by atoms with E-state index in [1.807, 2.05) is 20.8 Å². The summed E-state index contributed by atoms with van der Waals surface area (Å²) >= 11 is 5.49. The van der Waals surface area contributed by atoms with Crippen LogP contribution in [0.1, 0.15) is 74.1 Å². The Bertz CT molecular complexity index is 1280. The van der Waals surface area contributed by atoms with Crippen molar-refractivity contribution in [2.75, 3.05) is 30.9 Å². The number of hydrogen-bond donors (Lipinski definition) is 11. The Kier molecular flexibility index (Phi) is 24.5. The minimum Gasteiger partial charge on any atom is -0.480 e.